The van der Waals surface area contributed by atoms with E-state index in [1.165, 1.54) is 4.90 Å². The van der Waals surface area contributed by atoms with Crippen LogP contribution in [0.1, 0.15) is 13.3 Å². The average molecular weight is 259 g/mol. The number of halogens is 2. The molecule has 0 aliphatic rings. The lowest BCUT2D eigenvalue weighted by Gasteiger charge is -2.23. The molecule has 1 rings (SSSR count). The summed E-state index contributed by atoms with van der Waals surface area (Å²) in [6, 6.07) is 3.38. The lowest BCUT2D eigenvalue weighted by Crippen LogP contribution is -2.31. The monoisotopic (exact) mass is 259 g/mol. The molecule has 1 aromatic rings. The minimum atomic E-state index is -2.43. The first kappa shape index (κ1) is 14.6. The summed E-state index contributed by atoms with van der Waals surface area (Å²) in [7, 11) is 0. The Kier molecular flexibility index (Phi) is 6.35. The van der Waals surface area contributed by atoms with Gasteiger partial charge >= 0.3 is 0 Å². The van der Waals surface area contributed by atoms with Gasteiger partial charge in [0.25, 0.3) is 6.43 Å². The number of aliphatic hydroxyl groups excluding tert-OH is 1. The highest BCUT2D eigenvalue weighted by molar-refractivity contribution is 5.53. The van der Waals surface area contributed by atoms with Gasteiger partial charge in [0.05, 0.1) is 13.2 Å². The van der Waals surface area contributed by atoms with Gasteiger partial charge in [-0.2, -0.15) is 0 Å². The summed E-state index contributed by atoms with van der Waals surface area (Å²) in [5, 5.41) is 12.0. The fourth-order valence-electron chi connectivity index (χ4n) is 1.58. The van der Waals surface area contributed by atoms with E-state index in [1.54, 1.807) is 18.3 Å². The van der Waals surface area contributed by atoms with Crippen molar-refractivity contribution in [3.05, 3.63) is 18.3 Å². The van der Waals surface area contributed by atoms with Gasteiger partial charge in [0.1, 0.15) is 5.82 Å². The molecule has 4 nitrogen and oxygen atoms in total. The topological polar surface area (TPSA) is 48.4 Å². The fourth-order valence-corrected chi connectivity index (χ4v) is 1.58. The Labute approximate surface area is 106 Å². The lowest BCUT2D eigenvalue weighted by atomic mass is 10.3. The van der Waals surface area contributed by atoms with Crippen molar-refractivity contribution in [1.29, 1.82) is 0 Å². The van der Waals surface area contributed by atoms with Gasteiger partial charge in [-0.05, 0) is 12.5 Å². The summed E-state index contributed by atoms with van der Waals surface area (Å²) >= 11 is 0. The quantitative estimate of drug-likeness (QED) is 0.749. The highest BCUT2D eigenvalue weighted by atomic mass is 19.3. The molecular formula is C12H19F2N3O. The van der Waals surface area contributed by atoms with Gasteiger partial charge < -0.3 is 15.3 Å². The molecule has 102 valence electrons. The van der Waals surface area contributed by atoms with E-state index in [2.05, 4.69) is 10.3 Å². The Morgan fingerprint density at radius 1 is 1.50 bits per heavy atom. The second-order valence-corrected chi connectivity index (χ2v) is 3.89. The number of pyridine rings is 1. The Morgan fingerprint density at radius 2 is 2.28 bits per heavy atom. The first-order chi connectivity index (χ1) is 8.67. The van der Waals surface area contributed by atoms with Crippen molar-refractivity contribution in [2.45, 2.75) is 19.8 Å². The van der Waals surface area contributed by atoms with Crippen LogP contribution in [0.5, 0.6) is 0 Å². The molecule has 0 saturated heterocycles. The first-order valence-corrected chi connectivity index (χ1v) is 6.01. The van der Waals surface area contributed by atoms with Gasteiger partial charge in [-0.1, -0.05) is 6.92 Å². The van der Waals surface area contributed by atoms with E-state index < -0.39 is 13.0 Å². The number of hydrogen-bond donors (Lipinski definition) is 2. The molecule has 0 aliphatic carbocycles. The number of hydrogen-bond acceptors (Lipinski definition) is 4. The lowest BCUT2D eigenvalue weighted by molar-refractivity contribution is 0.153. The van der Waals surface area contributed by atoms with Gasteiger partial charge in [0, 0.05) is 31.0 Å². The van der Waals surface area contributed by atoms with Crippen molar-refractivity contribution in [2.24, 2.45) is 0 Å². The Hall–Kier alpha value is -1.43. The second kappa shape index (κ2) is 7.81. The Morgan fingerprint density at radius 3 is 2.89 bits per heavy atom. The standard InChI is InChI=1S/C12H19F2N3O/c1-2-4-15-12-8-10(3-5-16-12)17(6-7-18)9-11(13)14/h3,5,8,11,18H,2,4,6-7,9H2,1H3,(H,15,16). The van der Waals surface area contributed by atoms with Crippen LogP contribution in [0.15, 0.2) is 18.3 Å². The minimum absolute atomic E-state index is 0.160. The summed E-state index contributed by atoms with van der Waals surface area (Å²) in [5.41, 5.74) is 0.637. The van der Waals surface area contributed by atoms with Gasteiger partial charge in [-0.25, -0.2) is 13.8 Å². The van der Waals surface area contributed by atoms with E-state index in [1.807, 2.05) is 6.92 Å². The molecule has 1 heterocycles. The van der Waals surface area contributed by atoms with Crippen LogP contribution in [0.3, 0.4) is 0 Å². The summed E-state index contributed by atoms with van der Waals surface area (Å²) in [6.07, 6.45) is 0.101. The van der Waals surface area contributed by atoms with Crippen LogP contribution in [0.4, 0.5) is 20.3 Å². The normalized spacial score (nSPS) is 10.7. The molecular weight excluding hydrogens is 240 g/mol. The Bertz CT molecular complexity index is 350. The third kappa shape index (κ3) is 4.83. The van der Waals surface area contributed by atoms with E-state index in [0.717, 1.165) is 13.0 Å². The number of rotatable bonds is 8. The molecule has 0 fully saturated rings. The summed E-state index contributed by atoms with van der Waals surface area (Å²) < 4.78 is 24.9. The molecule has 0 amide bonds. The van der Waals surface area contributed by atoms with Crippen LogP contribution in [-0.4, -0.2) is 42.8 Å². The third-order valence-corrected chi connectivity index (χ3v) is 2.39. The second-order valence-electron chi connectivity index (χ2n) is 3.89. The van der Waals surface area contributed by atoms with Crippen molar-refractivity contribution < 1.29 is 13.9 Å². The zero-order chi connectivity index (χ0) is 13.4. The van der Waals surface area contributed by atoms with E-state index >= 15 is 0 Å². The molecule has 0 radical (unpaired) electrons. The first-order valence-electron chi connectivity index (χ1n) is 6.01. The zero-order valence-electron chi connectivity index (χ0n) is 10.4. The zero-order valence-corrected chi connectivity index (χ0v) is 10.4. The number of alkyl halides is 2. The average Bonchev–Trinajstić information content (AvgIpc) is 2.36. The van der Waals surface area contributed by atoms with Crippen LogP contribution in [-0.2, 0) is 0 Å². The van der Waals surface area contributed by atoms with E-state index in [4.69, 9.17) is 5.11 Å². The largest absolute Gasteiger partial charge is 0.395 e. The molecule has 2 N–H and O–H groups in total. The molecule has 0 spiro atoms. The van der Waals surface area contributed by atoms with Crippen molar-refractivity contribution in [2.75, 3.05) is 36.5 Å². The van der Waals surface area contributed by atoms with Crippen LogP contribution in [0, 0.1) is 0 Å². The van der Waals surface area contributed by atoms with Crippen LogP contribution >= 0.6 is 0 Å². The molecule has 0 saturated carbocycles. The smallest absolute Gasteiger partial charge is 0.255 e. The van der Waals surface area contributed by atoms with Gasteiger partial charge in [-0.15, -0.1) is 0 Å². The number of aliphatic hydroxyl groups is 1. The summed E-state index contributed by atoms with van der Waals surface area (Å²) in [6.45, 7) is 2.45. The molecule has 0 bridgehead atoms. The van der Waals surface area contributed by atoms with E-state index in [-0.39, 0.29) is 13.2 Å². The number of nitrogens with zero attached hydrogens (tertiary/aromatic N) is 2. The third-order valence-electron chi connectivity index (χ3n) is 2.39. The van der Waals surface area contributed by atoms with Crippen molar-refractivity contribution in [3.63, 3.8) is 0 Å². The fraction of sp³-hybridized carbons (Fsp3) is 0.583. The highest BCUT2D eigenvalue weighted by Crippen LogP contribution is 2.18. The molecule has 0 atom stereocenters. The van der Waals surface area contributed by atoms with E-state index in [0.29, 0.717) is 11.5 Å². The number of aromatic nitrogens is 1. The number of nitrogens with one attached hydrogen (secondary N) is 1. The SMILES string of the molecule is CCCNc1cc(N(CCO)CC(F)F)ccn1. The molecule has 0 aromatic carbocycles. The van der Waals surface area contributed by atoms with Gasteiger partial charge in [0.2, 0.25) is 0 Å². The van der Waals surface area contributed by atoms with Crippen LogP contribution < -0.4 is 10.2 Å². The predicted molar refractivity (Wildman–Crippen MR) is 68.3 cm³/mol. The van der Waals surface area contributed by atoms with Gasteiger partial charge in [0.15, 0.2) is 0 Å². The maximum absolute atomic E-state index is 12.4. The molecule has 18 heavy (non-hydrogen) atoms. The van der Waals surface area contributed by atoms with Crippen molar-refractivity contribution in [3.8, 4) is 0 Å². The molecule has 0 aliphatic heterocycles. The molecule has 0 unspecified atom stereocenters. The number of anilines is 2. The minimum Gasteiger partial charge on any atom is -0.395 e. The van der Waals surface area contributed by atoms with E-state index in [9.17, 15) is 8.78 Å². The highest BCUT2D eigenvalue weighted by Gasteiger charge is 2.12. The van der Waals surface area contributed by atoms with Crippen LogP contribution in [0.2, 0.25) is 0 Å². The Balaban J connectivity index is 2.76. The van der Waals surface area contributed by atoms with Crippen molar-refractivity contribution in [1.82, 2.24) is 4.98 Å². The molecule has 1 aromatic heterocycles. The van der Waals surface area contributed by atoms with Crippen molar-refractivity contribution >= 4 is 11.5 Å². The summed E-state index contributed by atoms with van der Waals surface area (Å²) in [4.78, 5) is 5.56. The molecule has 6 heteroatoms. The summed E-state index contributed by atoms with van der Waals surface area (Å²) in [5.74, 6) is 0.659. The predicted octanol–water partition coefficient (Wildman–Crippen LogP) is 1.97. The van der Waals surface area contributed by atoms with Gasteiger partial charge in [-0.3, -0.25) is 0 Å². The van der Waals surface area contributed by atoms with Crippen LogP contribution in [0.25, 0.3) is 0 Å². The maximum Gasteiger partial charge on any atom is 0.255 e. The maximum atomic E-state index is 12.4.